The average Bonchev–Trinajstić information content (AvgIpc) is 2.73. The van der Waals surface area contributed by atoms with Gasteiger partial charge in [0, 0.05) is 17.7 Å². The van der Waals surface area contributed by atoms with Crippen LogP contribution in [0.3, 0.4) is 0 Å². The van der Waals surface area contributed by atoms with Crippen molar-refractivity contribution in [2.75, 3.05) is 7.11 Å². The number of hydrogen-bond acceptors (Lipinski definition) is 6. The van der Waals surface area contributed by atoms with Crippen LogP contribution in [0.25, 0.3) is 11.1 Å². The Bertz CT molecular complexity index is 1070. The Balaban J connectivity index is 2.12. The molecule has 0 aliphatic carbocycles. The molecule has 0 heterocycles. The number of nitrogens with zero attached hydrogens (tertiary/aromatic N) is 2. The average molecular weight is 376 g/mol. The number of rotatable bonds is 5. The minimum Gasteiger partial charge on any atom is -0.507 e. The standard InChI is InChI=1S/C21H16N2O5/c1-28-18-10-9-17(20(24)14-7-5-13(12-22)6-8-14)21(25)19(18)15-3-2-4-16(11-15)23(26)27/h2-11,20,24-25H,1H3. The van der Waals surface area contributed by atoms with E-state index in [1.807, 2.05) is 6.07 Å². The van der Waals surface area contributed by atoms with Gasteiger partial charge < -0.3 is 14.9 Å². The molecule has 3 aromatic carbocycles. The number of non-ortho nitro benzene ring substituents is 1. The van der Waals surface area contributed by atoms with E-state index >= 15 is 0 Å². The van der Waals surface area contributed by atoms with Gasteiger partial charge >= 0.3 is 0 Å². The van der Waals surface area contributed by atoms with E-state index in [0.717, 1.165) is 0 Å². The van der Waals surface area contributed by atoms with Crippen molar-refractivity contribution in [1.82, 2.24) is 0 Å². The Kier molecular flexibility index (Phi) is 5.25. The van der Waals surface area contributed by atoms with Gasteiger partial charge in [-0.2, -0.15) is 5.26 Å². The molecule has 0 saturated heterocycles. The van der Waals surface area contributed by atoms with Crippen LogP contribution in [-0.4, -0.2) is 22.2 Å². The topological polar surface area (TPSA) is 117 Å². The number of ether oxygens (including phenoxy) is 1. The van der Waals surface area contributed by atoms with E-state index in [1.165, 1.54) is 31.4 Å². The number of hydrogen-bond donors (Lipinski definition) is 2. The van der Waals surface area contributed by atoms with E-state index in [-0.39, 0.29) is 22.6 Å². The molecule has 7 nitrogen and oxygen atoms in total. The maximum atomic E-state index is 11.1. The summed E-state index contributed by atoms with van der Waals surface area (Å²) in [6.07, 6.45) is -1.16. The largest absolute Gasteiger partial charge is 0.507 e. The third-order valence-corrected chi connectivity index (χ3v) is 4.39. The minimum atomic E-state index is -1.16. The molecule has 0 saturated carbocycles. The van der Waals surface area contributed by atoms with Crippen LogP contribution in [0.2, 0.25) is 0 Å². The van der Waals surface area contributed by atoms with Crippen molar-refractivity contribution < 1.29 is 19.9 Å². The third-order valence-electron chi connectivity index (χ3n) is 4.39. The smallest absolute Gasteiger partial charge is 0.270 e. The number of aliphatic hydroxyl groups is 1. The van der Waals surface area contributed by atoms with Crippen LogP contribution in [-0.2, 0) is 0 Å². The molecule has 0 aliphatic heterocycles. The lowest BCUT2D eigenvalue weighted by atomic mass is 9.94. The van der Waals surface area contributed by atoms with Gasteiger partial charge in [0.15, 0.2) is 0 Å². The van der Waals surface area contributed by atoms with E-state index in [0.29, 0.717) is 22.4 Å². The van der Waals surface area contributed by atoms with Gasteiger partial charge in [-0.3, -0.25) is 10.1 Å². The molecule has 1 unspecified atom stereocenters. The van der Waals surface area contributed by atoms with Crippen molar-refractivity contribution in [1.29, 1.82) is 5.26 Å². The fourth-order valence-corrected chi connectivity index (χ4v) is 2.95. The lowest BCUT2D eigenvalue weighted by molar-refractivity contribution is -0.384. The Morgan fingerprint density at radius 3 is 2.46 bits per heavy atom. The summed E-state index contributed by atoms with van der Waals surface area (Å²) in [5, 5.41) is 41.6. The molecule has 1 atom stereocenters. The highest BCUT2D eigenvalue weighted by molar-refractivity contribution is 5.79. The highest BCUT2D eigenvalue weighted by Crippen LogP contribution is 2.44. The second-order valence-corrected chi connectivity index (χ2v) is 6.02. The zero-order valence-electron chi connectivity index (χ0n) is 14.9. The summed E-state index contributed by atoms with van der Waals surface area (Å²) in [5.74, 6) is 0.0745. The van der Waals surface area contributed by atoms with Gasteiger partial charge in [0.25, 0.3) is 5.69 Å². The van der Waals surface area contributed by atoms with Crippen LogP contribution in [0.5, 0.6) is 11.5 Å². The highest BCUT2D eigenvalue weighted by atomic mass is 16.6. The molecular formula is C21H16N2O5. The molecule has 3 aromatic rings. The van der Waals surface area contributed by atoms with Gasteiger partial charge in [-0.25, -0.2) is 0 Å². The van der Waals surface area contributed by atoms with Crippen LogP contribution in [0.1, 0.15) is 22.8 Å². The Morgan fingerprint density at radius 2 is 1.86 bits per heavy atom. The van der Waals surface area contributed by atoms with Gasteiger partial charge in [-0.1, -0.05) is 24.3 Å². The molecule has 2 N–H and O–H groups in total. The summed E-state index contributed by atoms with van der Waals surface area (Å²) in [7, 11) is 1.42. The summed E-state index contributed by atoms with van der Waals surface area (Å²) in [6.45, 7) is 0. The van der Waals surface area contributed by atoms with Crippen LogP contribution in [0.4, 0.5) is 5.69 Å². The fourth-order valence-electron chi connectivity index (χ4n) is 2.95. The summed E-state index contributed by atoms with van der Waals surface area (Å²) >= 11 is 0. The van der Waals surface area contributed by atoms with Gasteiger partial charge in [-0.05, 0) is 35.4 Å². The first-order valence-electron chi connectivity index (χ1n) is 8.29. The number of methoxy groups -OCH3 is 1. The maximum Gasteiger partial charge on any atom is 0.270 e. The Morgan fingerprint density at radius 1 is 1.14 bits per heavy atom. The first-order valence-corrected chi connectivity index (χ1v) is 8.29. The van der Waals surface area contributed by atoms with Crippen LogP contribution in [0, 0.1) is 21.4 Å². The number of nitro groups is 1. The molecule has 0 bridgehead atoms. The van der Waals surface area contributed by atoms with Crippen LogP contribution < -0.4 is 4.74 Å². The highest BCUT2D eigenvalue weighted by Gasteiger charge is 2.22. The number of nitriles is 1. The second kappa shape index (κ2) is 7.78. The molecule has 0 radical (unpaired) electrons. The van der Waals surface area contributed by atoms with Gasteiger partial charge in [0.2, 0.25) is 0 Å². The summed E-state index contributed by atoms with van der Waals surface area (Å²) in [5.41, 5.74) is 1.66. The number of nitro benzene ring substituents is 1. The molecule has 3 rings (SSSR count). The van der Waals surface area contributed by atoms with Crippen molar-refractivity contribution in [2.24, 2.45) is 0 Å². The summed E-state index contributed by atoms with van der Waals surface area (Å²) in [6, 6.07) is 17.2. The molecule has 7 heteroatoms. The molecule has 0 aliphatic rings. The first kappa shape index (κ1) is 18.9. The predicted octanol–water partition coefficient (Wildman–Crippen LogP) is 3.93. The quantitative estimate of drug-likeness (QED) is 0.515. The Labute approximate surface area is 160 Å². The van der Waals surface area contributed by atoms with Crippen LogP contribution >= 0.6 is 0 Å². The zero-order chi connectivity index (χ0) is 20.3. The fraction of sp³-hybridized carbons (Fsp3) is 0.0952. The number of phenolic OH excluding ortho intramolecular Hbond substituents is 1. The van der Waals surface area contributed by atoms with Gasteiger partial charge in [0.1, 0.15) is 17.6 Å². The number of aliphatic hydroxyl groups excluding tert-OH is 1. The monoisotopic (exact) mass is 376 g/mol. The number of phenols is 1. The van der Waals surface area contributed by atoms with Crippen LogP contribution in [0.15, 0.2) is 60.7 Å². The van der Waals surface area contributed by atoms with E-state index in [1.54, 1.807) is 36.4 Å². The summed E-state index contributed by atoms with van der Waals surface area (Å²) < 4.78 is 5.30. The van der Waals surface area contributed by atoms with Crippen molar-refractivity contribution in [3.05, 3.63) is 87.5 Å². The molecule has 0 amide bonds. The van der Waals surface area contributed by atoms with Crippen molar-refractivity contribution in [2.45, 2.75) is 6.10 Å². The van der Waals surface area contributed by atoms with E-state index in [2.05, 4.69) is 0 Å². The zero-order valence-corrected chi connectivity index (χ0v) is 14.9. The molecule has 28 heavy (non-hydrogen) atoms. The molecule has 140 valence electrons. The second-order valence-electron chi connectivity index (χ2n) is 6.02. The van der Waals surface area contributed by atoms with Gasteiger partial charge in [0.05, 0.1) is 29.2 Å². The molecule has 0 fully saturated rings. The minimum absolute atomic E-state index is 0.128. The van der Waals surface area contributed by atoms with Gasteiger partial charge in [-0.15, -0.1) is 0 Å². The number of aromatic hydroxyl groups is 1. The maximum absolute atomic E-state index is 11.1. The van der Waals surface area contributed by atoms with E-state index < -0.39 is 11.0 Å². The Hall–Kier alpha value is -3.89. The first-order chi connectivity index (χ1) is 13.5. The predicted molar refractivity (Wildman–Crippen MR) is 102 cm³/mol. The molecular weight excluding hydrogens is 360 g/mol. The molecule has 0 spiro atoms. The lowest BCUT2D eigenvalue weighted by Gasteiger charge is -2.18. The van der Waals surface area contributed by atoms with E-state index in [9.17, 15) is 20.3 Å². The van der Waals surface area contributed by atoms with Crippen molar-refractivity contribution in [3.8, 4) is 28.7 Å². The van der Waals surface area contributed by atoms with E-state index in [4.69, 9.17) is 10.00 Å². The summed E-state index contributed by atoms with van der Waals surface area (Å²) in [4.78, 5) is 10.6. The normalized spacial score (nSPS) is 11.5. The number of benzene rings is 3. The molecule has 0 aromatic heterocycles. The third kappa shape index (κ3) is 3.49. The van der Waals surface area contributed by atoms with Crippen molar-refractivity contribution in [3.63, 3.8) is 0 Å². The van der Waals surface area contributed by atoms with Crippen molar-refractivity contribution >= 4 is 5.69 Å². The SMILES string of the molecule is COc1ccc(C(O)c2ccc(C#N)cc2)c(O)c1-c1cccc([N+](=O)[O-])c1. The lowest BCUT2D eigenvalue weighted by Crippen LogP contribution is -2.02.